The molecule has 3 rings (SSSR count). The first-order chi connectivity index (χ1) is 12.3. The fourth-order valence-corrected chi connectivity index (χ4v) is 3.39. The first-order valence-corrected chi connectivity index (χ1v) is 9.65. The van der Waals surface area contributed by atoms with Crippen molar-refractivity contribution in [2.45, 2.75) is 70.6 Å². The molecule has 0 saturated heterocycles. The fraction of sp³-hybridized carbons (Fsp3) is 0.600. The molecule has 1 fully saturated rings. The number of nitrogens with zero attached hydrogens (tertiary/aromatic N) is 2. The van der Waals surface area contributed by atoms with Gasteiger partial charge >= 0.3 is 0 Å². The number of ether oxygens (including phenoxy) is 1. The van der Waals surface area contributed by atoms with Crippen molar-refractivity contribution in [2.24, 2.45) is 4.99 Å². The highest BCUT2D eigenvalue weighted by atomic mass is 127. The van der Waals surface area contributed by atoms with E-state index in [9.17, 15) is 0 Å². The van der Waals surface area contributed by atoms with Crippen LogP contribution >= 0.6 is 24.0 Å². The summed E-state index contributed by atoms with van der Waals surface area (Å²) in [6, 6.07) is 4.50. The van der Waals surface area contributed by atoms with Gasteiger partial charge in [0.2, 0.25) is 5.88 Å². The van der Waals surface area contributed by atoms with E-state index in [4.69, 9.17) is 9.73 Å². The Hall–Kier alpha value is -1.31. The third-order valence-electron chi connectivity index (χ3n) is 4.75. The fourth-order valence-electron chi connectivity index (χ4n) is 3.39. The van der Waals surface area contributed by atoms with E-state index in [0.717, 1.165) is 49.6 Å². The van der Waals surface area contributed by atoms with Crippen LogP contribution < -0.4 is 15.4 Å². The normalized spacial score (nSPS) is 18.4. The van der Waals surface area contributed by atoms with Crippen LogP contribution in [0.3, 0.4) is 0 Å². The van der Waals surface area contributed by atoms with Crippen molar-refractivity contribution in [3.05, 3.63) is 36.0 Å². The van der Waals surface area contributed by atoms with E-state index in [1.165, 1.54) is 19.3 Å². The molecular weight excluding hydrogens is 439 g/mol. The zero-order chi connectivity index (χ0) is 17.3. The SMILES string of the molecule is CCNC(=NCc1ccnc(OC2CCCCC2)c1)NC1CC=CC1.I. The summed E-state index contributed by atoms with van der Waals surface area (Å²) in [6.07, 6.45) is 14.9. The predicted molar refractivity (Wildman–Crippen MR) is 117 cm³/mol. The molecule has 0 aromatic carbocycles. The number of halogens is 1. The molecule has 26 heavy (non-hydrogen) atoms. The number of hydrogen-bond acceptors (Lipinski definition) is 3. The Morgan fingerprint density at radius 3 is 2.73 bits per heavy atom. The Morgan fingerprint density at radius 1 is 1.23 bits per heavy atom. The minimum absolute atomic E-state index is 0. The van der Waals surface area contributed by atoms with Crippen molar-refractivity contribution < 1.29 is 4.74 Å². The zero-order valence-electron chi connectivity index (χ0n) is 15.6. The van der Waals surface area contributed by atoms with Crippen molar-refractivity contribution in [1.82, 2.24) is 15.6 Å². The molecule has 2 aliphatic rings. The van der Waals surface area contributed by atoms with Crippen molar-refractivity contribution in [1.29, 1.82) is 0 Å². The van der Waals surface area contributed by atoms with Gasteiger partial charge in [-0.05, 0) is 57.1 Å². The summed E-state index contributed by atoms with van der Waals surface area (Å²) in [5.74, 6) is 1.61. The molecule has 1 aromatic heterocycles. The van der Waals surface area contributed by atoms with E-state index in [2.05, 4.69) is 34.7 Å². The molecule has 0 radical (unpaired) electrons. The van der Waals surface area contributed by atoms with Crippen molar-refractivity contribution in [3.8, 4) is 5.88 Å². The van der Waals surface area contributed by atoms with Gasteiger partial charge in [-0.15, -0.1) is 24.0 Å². The summed E-state index contributed by atoms with van der Waals surface area (Å²) in [7, 11) is 0. The smallest absolute Gasteiger partial charge is 0.213 e. The summed E-state index contributed by atoms with van der Waals surface area (Å²) in [5, 5.41) is 6.82. The third kappa shape index (κ3) is 6.78. The van der Waals surface area contributed by atoms with Gasteiger partial charge in [0.1, 0.15) is 6.10 Å². The summed E-state index contributed by atoms with van der Waals surface area (Å²) < 4.78 is 6.06. The van der Waals surface area contributed by atoms with Crippen LogP contribution in [0.25, 0.3) is 0 Å². The van der Waals surface area contributed by atoms with Crippen molar-refractivity contribution >= 4 is 29.9 Å². The molecule has 0 unspecified atom stereocenters. The lowest BCUT2D eigenvalue weighted by Crippen LogP contribution is -2.42. The first kappa shape index (κ1) is 21.0. The lowest BCUT2D eigenvalue weighted by Gasteiger charge is -2.22. The molecule has 2 N–H and O–H groups in total. The maximum Gasteiger partial charge on any atom is 0.213 e. The van der Waals surface area contributed by atoms with E-state index in [1.807, 2.05) is 18.3 Å². The quantitative estimate of drug-likeness (QED) is 0.284. The second kappa shape index (κ2) is 11.4. The van der Waals surface area contributed by atoms with Gasteiger partial charge in [0, 0.05) is 24.8 Å². The highest BCUT2D eigenvalue weighted by Crippen LogP contribution is 2.22. The number of hydrogen-bond donors (Lipinski definition) is 2. The molecule has 1 saturated carbocycles. The largest absolute Gasteiger partial charge is 0.474 e. The van der Waals surface area contributed by atoms with Crippen LogP contribution in [0.15, 0.2) is 35.5 Å². The topological polar surface area (TPSA) is 58.5 Å². The number of aromatic nitrogens is 1. The van der Waals surface area contributed by atoms with Gasteiger partial charge in [0.25, 0.3) is 0 Å². The molecule has 0 aliphatic heterocycles. The van der Waals surface area contributed by atoms with Crippen LogP contribution in [-0.4, -0.2) is 29.6 Å². The molecule has 144 valence electrons. The molecule has 0 bridgehead atoms. The van der Waals surface area contributed by atoms with Gasteiger partial charge < -0.3 is 15.4 Å². The van der Waals surface area contributed by atoms with Gasteiger partial charge in [-0.3, -0.25) is 0 Å². The molecule has 5 nitrogen and oxygen atoms in total. The standard InChI is InChI=1S/C20H30N4O.HI/c1-2-21-20(24-17-8-6-7-9-17)23-15-16-12-13-22-19(14-16)25-18-10-4-3-5-11-18;/h6-7,12-14,17-18H,2-5,8-11,15H2,1H3,(H2,21,23,24);1H. The van der Waals surface area contributed by atoms with Gasteiger partial charge in [0.15, 0.2) is 5.96 Å². The van der Waals surface area contributed by atoms with E-state index >= 15 is 0 Å². The average molecular weight is 470 g/mol. The second-order valence-corrected chi connectivity index (χ2v) is 6.86. The molecule has 0 amide bonds. The van der Waals surface area contributed by atoms with E-state index in [0.29, 0.717) is 18.7 Å². The van der Waals surface area contributed by atoms with Crippen LogP contribution in [0, 0.1) is 0 Å². The zero-order valence-corrected chi connectivity index (χ0v) is 17.9. The maximum atomic E-state index is 6.06. The van der Waals surface area contributed by atoms with Gasteiger partial charge in [0.05, 0.1) is 6.54 Å². The van der Waals surface area contributed by atoms with Crippen LogP contribution in [-0.2, 0) is 6.54 Å². The Morgan fingerprint density at radius 2 is 2.00 bits per heavy atom. The van der Waals surface area contributed by atoms with E-state index < -0.39 is 0 Å². The van der Waals surface area contributed by atoms with Gasteiger partial charge in [-0.2, -0.15) is 0 Å². The number of aliphatic imine (C=N–C) groups is 1. The van der Waals surface area contributed by atoms with E-state index in [-0.39, 0.29) is 24.0 Å². The summed E-state index contributed by atoms with van der Waals surface area (Å²) >= 11 is 0. The highest BCUT2D eigenvalue weighted by Gasteiger charge is 2.15. The maximum absolute atomic E-state index is 6.06. The van der Waals surface area contributed by atoms with Crippen LogP contribution in [0.4, 0.5) is 0 Å². The molecule has 6 heteroatoms. The monoisotopic (exact) mass is 470 g/mol. The summed E-state index contributed by atoms with van der Waals surface area (Å²) in [5.41, 5.74) is 1.13. The Kier molecular flexibility index (Phi) is 9.22. The Balaban J connectivity index is 0.00000243. The summed E-state index contributed by atoms with van der Waals surface area (Å²) in [4.78, 5) is 9.09. The van der Waals surface area contributed by atoms with Crippen LogP contribution in [0.5, 0.6) is 5.88 Å². The highest BCUT2D eigenvalue weighted by molar-refractivity contribution is 14.0. The van der Waals surface area contributed by atoms with Gasteiger partial charge in [-0.1, -0.05) is 18.6 Å². The minimum atomic E-state index is 0. The lowest BCUT2D eigenvalue weighted by atomic mass is 9.98. The van der Waals surface area contributed by atoms with Crippen LogP contribution in [0.2, 0.25) is 0 Å². The predicted octanol–water partition coefficient (Wildman–Crippen LogP) is 4.18. The number of nitrogens with one attached hydrogen (secondary N) is 2. The lowest BCUT2D eigenvalue weighted by molar-refractivity contribution is 0.148. The Labute approximate surface area is 174 Å². The van der Waals surface area contributed by atoms with Crippen molar-refractivity contribution in [2.75, 3.05) is 6.54 Å². The van der Waals surface area contributed by atoms with E-state index in [1.54, 1.807) is 0 Å². The second-order valence-electron chi connectivity index (χ2n) is 6.86. The molecule has 2 aliphatic carbocycles. The third-order valence-corrected chi connectivity index (χ3v) is 4.75. The van der Waals surface area contributed by atoms with Gasteiger partial charge in [-0.25, -0.2) is 9.98 Å². The molecule has 0 atom stereocenters. The molecule has 1 heterocycles. The first-order valence-electron chi connectivity index (χ1n) is 9.65. The molecular formula is C20H31IN4O. The number of rotatable bonds is 6. The molecule has 1 aromatic rings. The summed E-state index contributed by atoms with van der Waals surface area (Å²) in [6.45, 7) is 3.57. The number of guanidine groups is 1. The Bertz CT molecular complexity index is 591. The van der Waals surface area contributed by atoms with Crippen LogP contribution in [0.1, 0.15) is 57.4 Å². The minimum Gasteiger partial charge on any atom is -0.474 e. The molecule has 0 spiro atoms. The average Bonchev–Trinajstić information content (AvgIpc) is 3.14. The van der Waals surface area contributed by atoms with Crippen molar-refractivity contribution in [3.63, 3.8) is 0 Å². The number of pyridine rings is 1.